The smallest absolute Gasteiger partial charge is 0.339 e. The normalized spacial score (nSPS) is 38.4. The van der Waals surface area contributed by atoms with Crippen LogP contribution < -0.4 is 5.73 Å². The van der Waals surface area contributed by atoms with Crippen LogP contribution in [0.1, 0.15) is 59.8 Å². The first-order valence-corrected chi connectivity index (χ1v) is 7.75. The van der Waals surface area contributed by atoms with Crippen LogP contribution in [0.2, 0.25) is 0 Å². The third-order valence-electron chi connectivity index (χ3n) is 6.03. The minimum absolute atomic E-state index is 0.286. The van der Waals surface area contributed by atoms with Gasteiger partial charge in [-0.2, -0.15) is 0 Å². The average Bonchev–Trinajstić information content (AvgIpc) is 2.63. The summed E-state index contributed by atoms with van der Waals surface area (Å²) in [4.78, 5) is 14.7. The van der Waals surface area contributed by atoms with E-state index in [0.29, 0.717) is 29.1 Å². The molecule has 4 N–H and O–H groups in total. The summed E-state index contributed by atoms with van der Waals surface area (Å²) in [6, 6.07) is 0. The molecule has 1 aromatic heterocycles. The van der Waals surface area contributed by atoms with Gasteiger partial charge < -0.3 is 15.8 Å². The Balaban J connectivity index is 1.75. The fourth-order valence-electron chi connectivity index (χ4n) is 5.60. The quantitative estimate of drug-likeness (QED) is 0.775. The molecule has 0 atom stereocenters. The molecular formula is C16H22N2O2. The van der Waals surface area contributed by atoms with Crippen LogP contribution in [-0.2, 0) is 0 Å². The summed E-state index contributed by atoms with van der Waals surface area (Å²) in [5, 5.41) is 9.31. The molecule has 0 spiro atoms. The van der Waals surface area contributed by atoms with E-state index in [1.807, 2.05) is 6.92 Å². The van der Waals surface area contributed by atoms with Gasteiger partial charge in [-0.05, 0) is 62.7 Å². The molecule has 0 aromatic carbocycles. The van der Waals surface area contributed by atoms with Crippen molar-refractivity contribution >= 4 is 11.7 Å². The highest BCUT2D eigenvalue weighted by Crippen LogP contribution is 2.60. The first-order valence-electron chi connectivity index (χ1n) is 7.75. The number of anilines is 1. The van der Waals surface area contributed by atoms with E-state index in [9.17, 15) is 9.90 Å². The molecule has 4 fully saturated rings. The van der Waals surface area contributed by atoms with E-state index in [0.717, 1.165) is 17.5 Å². The minimum atomic E-state index is -0.911. The Morgan fingerprint density at radius 2 is 1.70 bits per heavy atom. The summed E-state index contributed by atoms with van der Waals surface area (Å²) in [5.74, 6) is 2.83. The van der Waals surface area contributed by atoms with Crippen LogP contribution in [0.5, 0.6) is 0 Å². The van der Waals surface area contributed by atoms with Crippen molar-refractivity contribution in [1.82, 2.24) is 4.98 Å². The van der Waals surface area contributed by atoms with E-state index in [4.69, 9.17) is 5.73 Å². The number of carboxylic acids is 1. The van der Waals surface area contributed by atoms with E-state index in [-0.39, 0.29) is 5.56 Å². The van der Waals surface area contributed by atoms with E-state index in [1.54, 1.807) is 0 Å². The summed E-state index contributed by atoms with van der Waals surface area (Å²) in [5.41, 5.74) is 8.68. The molecule has 1 heterocycles. The third kappa shape index (κ3) is 1.57. The zero-order chi connectivity index (χ0) is 14.0. The number of H-pyrrole nitrogens is 1. The molecular weight excluding hydrogens is 252 g/mol. The lowest BCUT2D eigenvalue weighted by molar-refractivity contribution is -0.00378. The molecule has 4 saturated carbocycles. The predicted molar refractivity (Wildman–Crippen MR) is 76.7 cm³/mol. The Kier molecular flexibility index (Phi) is 2.48. The highest BCUT2D eigenvalue weighted by atomic mass is 16.4. The number of nitrogen functional groups attached to an aromatic ring is 1. The number of aryl methyl sites for hydroxylation is 1. The van der Waals surface area contributed by atoms with Crippen molar-refractivity contribution in [3.63, 3.8) is 0 Å². The summed E-state index contributed by atoms with van der Waals surface area (Å²) < 4.78 is 0. The molecule has 20 heavy (non-hydrogen) atoms. The topological polar surface area (TPSA) is 79.1 Å². The molecule has 0 aliphatic heterocycles. The summed E-state index contributed by atoms with van der Waals surface area (Å²) in [7, 11) is 0. The number of nitrogens with one attached hydrogen (secondary N) is 1. The molecule has 4 nitrogen and oxygen atoms in total. The number of aromatic nitrogens is 1. The number of nitrogens with two attached hydrogens (primary N) is 1. The molecule has 108 valence electrons. The Labute approximate surface area is 118 Å². The summed E-state index contributed by atoms with van der Waals surface area (Å²) in [6.45, 7) is 1.82. The lowest BCUT2D eigenvalue weighted by Crippen LogP contribution is -2.44. The summed E-state index contributed by atoms with van der Waals surface area (Å²) >= 11 is 0. The highest BCUT2D eigenvalue weighted by Gasteiger charge is 2.49. The molecule has 0 amide bonds. The first-order chi connectivity index (χ1) is 9.54. The van der Waals surface area contributed by atoms with Gasteiger partial charge in [0.05, 0.1) is 5.69 Å². The van der Waals surface area contributed by atoms with E-state index in [1.165, 1.54) is 32.1 Å². The number of carboxylic acid groups (broad SMARTS) is 1. The van der Waals surface area contributed by atoms with Gasteiger partial charge in [0.1, 0.15) is 5.56 Å². The second-order valence-electron chi connectivity index (χ2n) is 7.21. The number of aromatic carboxylic acids is 1. The number of carbonyl (C=O) groups is 1. The standard InChI is InChI=1S/C16H22N2O2/c1-7-12(16(19)20)14(17)15(18-7)13-10-3-8-2-9(5-10)6-11(13)4-8/h8-11,13,18H,2-6,17H2,1H3,(H,19,20). The van der Waals surface area contributed by atoms with E-state index >= 15 is 0 Å². The molecule has 4 aliphatic rings. The number of hydrogen-bond acceptors (Lipinski definition) is 2. The van der Waals surface area contributed by atoms with Gasteiger partial charge in [-0.25, -0.2) is 4.79 Å². The van der Waals surface area contributed by atoms with Crippen LogP contribution in [0.4, 0.5) is 5.69 Å². The maximum atomic E-state index is 11.3. The molecule has 0 saturated heterocycles. The highest BCUT2D eigenvalue weighted by molar-refractivity contribution is 5.96. The number of hydrogen-bond donors (Lipinski definition) is 3. The lowest BCUT2D eigenvalue weighted by atomic mass is 9.51. The van der Waals surface area contributed by atoms with Crippen molar-refractivity contribution in [3.8, 4) is 0 Å². The SMILES string of the molecule is Cc1[nH]c(C2C3CC4CC(C3)CC2C4)c(N)c1C(=O)O. The van der Waals surface area contributed by atoms with Gasteiger partial charge in [-0.1, -0.05) is 0 Å². The number of rotatable bonds is 2. The Bertz CT molecular complexity index is 547. The van der Waals surface area contributed by atoms with Crippen LogP contribution in [-0.4, -0.2) is 16.1 Å². The Hall–Kier alpha value is -1.45. The first kappa shape index (κ1) is 12.3. The second kappa shape index (κ2) is 4.03. The fourth-order valence-corrected chi connectivity index (χ4v) is 5.60. The van der Waals surface area contributed by atoms with E-state index < -0.39 is 5.97 Å². The largest absolute Gasteiger partial charge is 0.478 e. The van der Waals surface area contributed by atoms with Gasteiger partial charge in [0.25, 0.3) is 0 Å². The van der Waals surface area contributed by atoms with Gasteiger partial charge in [-0.3, -0.25) is 0 Å². The molecule has 4 bridgehead atoms. The van der Waals surface area contributed by atoms with Crippen LogP contribution in [0, 0.1) is 30.6 Å². The van der Waals surface area contributed by atoms with Gasteiger partial charge in [-0.15, -0.1) is 0 Å². The molecule has 4 heteroatoms. The molecule has 4 aliphatic carbocycles. The van der Waals surface area contributed by atoms with Gasteiger partial charge in [0.15, 0.2) is 0 Å². The van der Waals surface area contributed by atoms with Crippen molar-refractivity contribution in [2.24, 2.45) is 23.7 Å². The van der Waals surface area contributed by atoms with Crippen molar-refractivity contribution in [2.45, 2.75) is 44.9 Å². The predicted octanol–water partition coefficient (Wildman–Crippen LogP) is 3.14. The van der Waals surface area contributed by atoms with E-state index in [2.05, 4.69) is 4.98 Å². The maximum Gasteiger partial charge on any atom is 0.339 e. The molecule has 5 rings (SSSR count). The van der Waals surface area contributed by atoms with Crippen molar-refractivity contribution in [1.29, 1.82) is 0 Å². The van der Waals surface area contributed by atoms with Crippen LogP contribution in [0.15, 0.2) is 0 Å². The lowest BCUT2D eigenvalue weighted by Gasteiger charge is -2.54. The average molecular weight is 274 g/mol. The summed E-state index contributed by atoms with van der Waals surface area (Å²) in [6.07, 6.45) is 6.70. The fraction of sp³-hybridized carbons (Fsp3) is 0.688. The third-order valence-corrected chi connectivity index (χ3v) is 6.03. The van der Waals surface area contributed by atoms with Gasteiger partial charge in [0, 0.05) is 17.3 Å². The second-order valence-corrected chi connectivity index (χ2v) is 7.21. The Morgan fingerprint density at radius 1 is 1.15 bits per heavy atom. The minimum Gasteiger partial charge on any atom is -0.478 e. The molecule has 0 unspecified atom stereocenters. The zero-order valence-corrected chi connectivity index (χ0v) is 11.9. The zero-order valence-electron chi connectivity index (χ0n) is 11.9. The van der Waals surface area contributed by atoms with Crippen molar-refractivity contribution < 1.29 is 9.90 Å². The number of aromatic amines is 1. The van der Waals surface area contributed by atoms with Crippen LogP contribution in [0.3, 0.4) is 0 Å². The maximum absolute atomic E-state index is 11.3. The molecule has 1 aromatic rings. The van der Waals surface area contributed by atoms with Crippen LogP contribution in [0.25, 0.3) is 0 Å². The van der Waals surface area contributed by atoms with Crippen molar-refractivity contribution in [2.75, 3.05) is 5.73 Å². The van der Waals surface area contributed by atoms with Gasteiger partial charge in [0.2, 0.25) is 0 Å². The van der Waals surface area contributed by atoms with Gasteiger partial charge >= 0.3 is 5.97 Å². The monoisotopic (exact) mass is 274 g/mol. The van der Waals surface area contributed by atoms with Crippen molar-refractivity contribution in [3.05, 3.63) is 17.0 Å². The Morgan fingerprint density at radius 3 is 2.15 bits per heavy atom. The van der Waals surface area contributed by atoms with Crippen LogP contribution >= 0.6 is 0 Å². The molecule has 0 radical (unpaired) electrons.